The third kappa shape index (κ3) is 3.32. The van der Waals surface area contributed by atoms with Crippen LogP contribution in [0.25, 0.3) is 0 Å². The number of phenols is 1. The maximum Gasteiger partial charge on any atom is 0.319 e. The number of methoxy groups -OCH3 is 1. The molecule has 2 aromatic rings. The van der Waals surface area contributed by atoms with Crippen LogP contribution in [0.4, 0.5) is 10.5 Å². The van der Waals surface area contributed by atoms with Crippen LogP contribution >= 0.6 is 0 Å². The maximum absolute atomic E-state index is 13.0. The molecule has 0 spiro atoms. The first-order valence-electron chi connectivity index (χ1n) is 8.01. The van der Waals surface area contributed by atoms with Gasteiger partial charge in [0, 0.05) is 11.3 Å². The number of allylic oxidation sites excluding steroid dienone is 1. The summed E-state index contributed by atoms with van der Waals surface area (Å²) >= 11 is 0. The summed E-state index contributed by atoms with van der Waals surface area (Å²) < 4.78 is 5.25. The lowest BCUT2D eigenvalue weighted by Gasteiger charge is -2.29. The zero-order chi connectivity index (χ0) is 18.7. The van der Waals surface area contributed by atoms with Crippen LogP contribution in [0.5, 0.6) is 11.5 Å². The van der Waals surface area contributed by atoms with Gasteiger partial charge in [0.05, 0.1) is 24.4 Å². The Labute approximate surface area is 150 Å². The number of urea groups is 1. The van der Waals surface area contributed by atoms with E-state index in [1.165, 1.54) is 13.2 Å². The molecule has 7 heteroatoms. The molecular formula is C19H19N3O4. The summed E-state index contributed by atoms with van der Waals surface area (Å²) in [4.78, 5) is 24.9. The van der Waals surface area contributed by atoms with Gasteiger partial charge in [0.15, 0.2) is 0 Å². The van der Waals surface area contributed by atoms with Crippen LogP contribution in [0.15, 0.2) is 59.8 Å². The predicted octanol–water partition coefficient (Wildman–Crippen LogP) is 2.67. The van der Waals surface area contributed by atoms with Crippen molar-refractivity contribution in [1.82, 2.24) is 10.6 Å². The van der Waals surface area contributed by atoms with Crippen molar-refractivity contribution in [2.24, 2.45) is 0 Å². The molecule has 0 aromatic heterocycles. The zero-order valence-electron chi connectivity index (χ0n) is 14.4. The van der Waals surface area contributed by atoms with Crippen molar-refractivity contribution >= 4 is 17.6 Å². The largest absolute Gasteiger partial charge is 0.508 e. The van der Waals surface area contributed by atoms with Crippen molar-refractivity contribution in [3.63, 3.8) is 0 Å². The summed E-state index contributed by atoms with van der Waals surface area (Å²) in [5.74, 6) is 0.105. The van der Waals surface area contributed by atoms with E-state index in [-0.39, 0.29) is 5.75 Å². The molecule has 0 aliphatic carbocycles. The van der Waals surface area contributed by atoms with Crippen molar-refractivity contribution in [2.75, 3.05) is 12.4 Å². The summed E-state index contributed by atoms with van der Waals surface area (Å²) in [5, 5.41) is 18.3. The molecule has 4 N–H and O–H groups in total. The lowest BCUT2D eigenvalue weighted by Crippen LogP contribution is -2.46. The summed E-state index contributed by atoms with van der Waals surface area (Å²) in [7, 11) is 1.52. The number of ether oxygens (including phenoxy) is 1. The van der Waals surface area contributed by atoms with Gasteiger partial charge >= 0.3 is 6.03 Å². The Bertz CT molecular complexity index is 892. The van der Waals surface area contributed by atoms with Crippen molar-refractivity contribution in [3.05, 3.63) is 65.4 Å². The molecule has 0 radical (unpaired) electrons. The molecular weight excluding hydrogens is 334 g/mol. The van der Waals surface area contributed by atoms with Crippen LogP contribution in [0.2, 0.25) is 0 Å². The number of amides is 3. The highest BCUT2D eigenvalue weighted by atomic mass is 16.5. The minimum atomic E-state index is -0.778. The second-order valence-corrected chi connectivity index (χ2v) is 5.78. The molecule has 1 aliphatic rings. The standard InChI is InChI=1S/C19H19N3O4/c1-11-16(18(24)21-13-8-4-6-10-15(13)26-2)17(22-19(25)20-11)12-7-3-5-9-14(12)23/h3-10,17,23H,1-2H3,(H,21,24)(H2,20,22,25). The van der Waals surface area contributed by atoms with Gasteiger partial charge in [0.1, 0.15) is 11.5 Å². The number of benzene rings is 2. The quantitative estimate of drug-likeness (QED) is 0.679. The Hall–Kier alpha value is -3.48. The second-order valence-electron chi connectivity index (χ2n) is 5.78. The molecule has 0 saturated carbocycles. The average molecular weight is 353 g/mol. The Balaban J connectivity index is 1.99. The van der Waals surface area contributed by atoms with E-state index in [1.54, 1.807) is 49.4 Å². The number of phenolic OH excluding ortho intramolecular Hbond substituents is 1. The summed E-state index contributed by atoms with van der Waals surface area (Å²) in [5.41, 5.74) is 1.66. The summed E-state index contributed by atoms with van der Waals surface area (Å²) in [6, 6.07) is 12.4. The molecule has 3 amide bonds. The van der Waals surface area contributed by atoms with E-state index in [9.17, 15) is 14.7 Å². The number of hydrogen-bond donors (Lipinski definition) is 4. The summed E-state index contributed by atoms with van der Waals surface area (Å²) in [6.07, 6.45) is 0. The monoisotopic (exact) mass is 353 g/mol. The molecule has 1 aliphatic heterocycles. The highest BCUT2D eigenvalue weighted by molar-refractivity contribution is 6.07. The van der Waals surface area contributed by atoms with Crippen LogP contribution in [0, 0.1) is 0 Å². The number of carbonyl (C=O) groups is 2. The third-order valence-electron chi connectivity index (χ3n) is 4.12. The molecule has 0 saturated heterocycles. The number of para-hydroxylation sites is 3. The molecule has 7 nitrogen and oxygen atoms in total. The fraction of sp³-hybridized carbons (Fsp3) is 0.158. The number of rotatable bonds is 4. The number of aromatic hydroxyl groups is 1. The van der Waals surface area contributed by atoms with Crippen LogP contribution in [0.1, 0.15) is 18.5 Å². The van der Waals surface area contributed by atoms with Gasteiger partial charge in [-0.1, -0.05) is 30.3 Å². The van der Waals surface area contributed by atoms with Gasteiger partial charge in [0.25, 0.3) is 5.91 Å². The van der Waals surface area contributed by atoms with Gasteiger partial charge < -0.3 is 25.8 Å². The van der Waals surface area contributed by atoms with Crippen molar-refractivity contribution in [3.8, 4) is 11.5 Å². The SMILES string of the molecule is COc1ccccc1NC(=O)C1=C(C)NC(=O)NC1c1ccccc1O. The van der Waals surface area contributed by atoms with Gasteiger partial charge in [-0.15, -0.1) is 0 Å². The molecule has 3 rings (SSSR count). The van der Waals surface area contributed by atoms with Gasteiger partial charge in [0.2, 0.25) is 0 Å². The molecule has 0 bridgehead atoms. The highest BCUT2D eigenvalue weighted by Crippen LogP contribution is 2.33. The Kier molecular flexibility index (Phi) is 4.79. The van der Waals surface area contributed by atoms with E-state index >= 15 is 0 Å². The third-order valence-corrected chi connectivity index (χ3v) is 4.12. The van der Waals surface area contributed by atoms with Crippen molar-refractivity contribution < 1.29 is 19.4 Å². The summed E-state index contributed by atoms with van der Waals surface area (Å²) in [6.45, 7) is 1.64. The van der Waals surface area contributed by atoms with Gasteiger partial charge in [-0.05, 0) is 25.1 Å². The second kappa shape index (κ2) is 7.18. The van der Waals surface area contributed by atoms with E-state index in [2.05, 4.69) is 16.0 Å². The lowest BCUT2D eigenvalue weighted by atomic mass is 9.94. The van der Waals surface area contributed by atoms with E-state index in [4.69, 9.17) is 4.74 Å². The van der Waals surface area contributed by atoms with Crippen LogP contribution in [-0.4, -0.2) is 24.2 Å². The Morgan fingerprint density at radius 2 is 1.85 bits per heavy atom. The topological polar surface area (TPSA) is 99.7 Å². The minimum absolute atomic E-state index is 0.00454. The van der Waals surface area contributed by atoms with E-state index in [0.717, 1.165) is 0 Å². The van der Waals surface area contributed by atoms with Crippen molar-refractivity contribution in [2.45, 2.75) is 13.0 Å². The van der Waals surface area contributed by atoms with Crippen LogP contribution in [-0.2, 0) is 4.79 Å². The first-order chi connectivity index (χ1) is 12.5. The fourth-order valence-electron chi connectivity index (χ4n) is 2.90. The molecule has 1 unspecified atom stereocenters. The first-order valence-corrected chi connectivity index (χ1v) is 8.01. The highest BCUT2D eigenvalue weighted by Gasteiger charge is 2.32. The Morgan fingerprint density at radius 1 is 1.15 bits per heavy atom. The normalized spacial score (nSPS) is 16.5. The molecule has 0 fully saturated rings. The van der Waals surface area contributed by atoms with E-state index in [1.807, 2.05) is 0 Å². The number of nitrogens with one attached hydrogen (secondary N) is 3. The molecule has 1 atom stereocenters. The van der Waals surface area contributed by atoms with Gasteiger partial charge in [-0.25, -0.2) is 4.79 Å². The molecule has 2 aromatic carbocycles. The predicted molar refractivity (Wildman–Crippen MR) is 96.8 cm³/mol. The lowest BCUT2D eigenvalue weighted by molar-refractivity contribution is -0.113. The zero-order valence-corrected chi connectivity index (χ0v) is 14.4. The first kappa shape index (κ1) is 17.3. The Morgan fingerprint density at radius 3 is 2.58 bits per heavy atom. The van der Waals surface area contributed by atoms with Gasteiger partial charge in [-0.2, -0.15) is 0 Å². The molecule has 134 valence electrons. The minimum Gasteiger partial charge on any atom is -0.508 e. The smallest absolute Gasteiger partial charge is 0.319 e. The van der Waals surface area contributed by atoms with Gasteiger partial charge in [-0.3, -0.25) is 4.79 Å². The van der Waals surface area contributed by atoms with Crippen molar-refractivity contribution in [1.29, 1.82) is 0 Å². The average Bonchev–Trinajstić information content (AvgIpc) is 2.61. The van der Waals surface area contributed by atoms with Crippen LogP contribution < -0.4 is 20.7 Å². The van der Waals surface area contributed by atoms with E-state index < -0.39 is 18.0 Å². The number of anilines is 1. The molecule has 26 heavy (non-hydrogen) atoms. The number of hydrogen-bond acceptors (Lipinski definition) is 4. The van der Waals surface area contributed by atoms with E-state index in [0.29, 0.717) is 28.3 Å². The molecule has 1 heterocycles. The fourth-order valence-corrected chi connectivity index (χ4v) is 2.90. The number of carbonyl (C=O) groups excluding carboxylic acids is 2. The van der Waals surface area contributed by atoms with Crippen LogP contribution in [0.3, 0.4) is 0 Å². The maximum atomic E-state index is 13.0.